The summed E-state index contributed by atoms with van der Waals surface area (Å²) in [6.07, 6.45) is 2.18. The van der Waals surface area contributed by atoms with Crippen LogP contribution in [0.25, 0.3) is 21.1 Å². The third-order valence-electron chi connectivity index (χ3n) is 6.47. The Kier molecular flexibility index (Phi) is 4.82. The molecule has 3 aromatic rings. The zero-order valence-electron chi connectivity index (χ0n) is 17.6. The molecule has 1 aliphatic heterocycles. The first-order valence-corrected chi connectivity index (χ1v) is 11.3. The predicted octanol–water partition coefficient (Wildman–Crippen LogP) is 3.54. The summed E-state index contributed by atoms with van der Waals surface area (Å²) in [4.78, 5) is 27.4. The Labute approximate surface area is 184 Å². The van der Waals surface area contributed by atoms with Gasteiger partial charge in [-0.2, -0.15) is 8.78 Å². The Morgan fingerprint density at radius 1 is 1.28 bits per heavy atom. The largest absolute Gasteiger partial charge is 0.430 e. The molecular formula is C21H23F3N4O3S. The first-order chi connectivity index (χ1) is 15.1. The van der Waals surface area contributed by atoms with E-state index in [1.54, 1.807) is 9.47 Å². The molecule has 1 saturated heterocycles. The summed E-state index contributed by atoms with van der Waals surface area (Å²) in [5.41, 5.74) is 4.46. The van der Waals surface area contributed by atoms with Gasteiger partial charge in [0.25, 0.3) is 5.56 Å². The number of aromatic amines is 1. The van der Waals surface area contributed by atoms with E-state index in [2.05, 4.69) is 4.37 Å². The number of aromatic nitrogens is 2. The number of halogens is 3. The van der Waals surface area contributed by atoms with Gasteiger partial charge in [0.1, 0.15) is 15.9 Å². The van der Waals surface area contributed by atoms with Gasteiger partial charge < -0.3 is 19.9 Å². The SMILES string of the molecule is CC(C)(N)[C@@H]1CCN(c2c(F)cc3c(=O)c4c(=O)[nH]sc4n(C4CC4)c3c2OC(F)F)C1. The molecule has 1 saturated carbocycles. The minimum Gasteiger partial charge on any atom is -0.430 e. The normalized spacial score (nSPS) is 19.6. The van der Waals surface area contributed by atoms with E-state index in [9.17, 15) is 18.4 Å². The molecule has 0 spiro atoms. The first kappa shape index (κ1) is 21.3. The van der Waals surface area contributed by atoms with E-state index in [0.717, 1.165) is 30.4 Å². The van der Waals surface area contributed by atoms with Gasteiger partial charge in [0.05, 0.1) is 10.9 Å². The van der Waals surface area contributed by atoms with Gasteiger partial charge in [-0.3, -0.25) is 14.0 Å². The number of benzene rings is 1. The van der Waals surface area contributed by atoms with Crippen LogP contribution in [0.4, 0.5) is 18.9 Å². The number of hydrogen-bond donors (Lipinski definition) is 2. The Morgan fingerprint density at radius 2 is 2.00 bits per heavy atom. The monoisotopic (exact) mass is 468 g/mol. The third-order valence-corrected chi connectivity index (χ3v) is 7.35. The fourth-order valence-corrected chi connectivity index (χ4v) is 5.58. The Morgan fingerprint density at radius 3 is 2.59 bits per heavy atom. The van der Waals surface area contributed by atoms with Gasteiger partial charge in [-0.1, -0.05) is 0 Å². The third kappa shape index (κ3) is 3.29. The summed E-state index contributed by atoms with van der Waals surface area (Å²) in [7, 11) is 0. The molecule has 0 radical (unpaired) electrons. The maximum Gasteiger partial charge on any atom is 0.387 e. The number of pyridine rings is 1. The first-order valence-electron chi connectivity index (χ1n) is 10.5. The van der Waals surface area contributed by atoms with E-state index in [0.29, 0.717) is 24.3 Å². The summed E-state index contributed by atoms with van der Waals surface area (Å²) in [6, 6.07) is 0.960. The standard InChI is InChI=1S/C21H23F3N4O3S/c1-21(2,25)9-5-6-27(8-9)15-12(22)7-11-14(17(15)31-20(23)24)28(10-3-4-10)19-13(16(11)29)18(30)26-32-19/h7,9-10,20H,3-6,8,25H2,1-2H3,(H,26,30)/t9-/m1/s1. The number of nitrogens with one attached hydrogen (secondary N) is 1. The maximum atomic E-state index is 15.4. The van der Waals surface area contributed by atoms with E-state index in [-0.39, 0.29) is 39.7 Å². The Balaban J connectivity index is 1.84. The smallest absolute Gasteiger partial charge is 0.387 e. The maximum absolute atomic E-state index is 15.4. The predicted molar refractivity (Wildman–Crippen MR) is 118 cm³/mol. The molecule has 5 rings (SSSR count). The molecule has 0 bridgehead atoms. The van der Waals surface area contributed by atoms with Crippen LogP contribution >= 0.6 is 11.5 Å². The number of nitrogens with two attached hydrogens (primary N) is 1. The van der Waals surface area contributed by atoms with Crippen LogP contribution in [0, 0.1) is 11.7 Å². The van der Waals surface area contributed by atoms with Crippen LogP contribution in [0.15, 0.2) is 15.7 Å². The highest BCUT2D eigenvalue weighted by molar-refractivity contribution is 7.12. The van der Waals surface area contributed by atoms with Gasteiger partial charge in [-0.25, -0.2) is 4.39 Å². The molecule has 3 heterocycles. The number of alkyl halides is 2. The lowest BCUT2D eigenvalue weighted by Gasteiger charge is -2.29. The van der Waals surface area contributed by atoms with Gasteiger partial charge in [0.2, 0.25) is 5.43 Å². The molecule has 11 heteroatoms. The number of hydrogen-bond acceptors (Lipinski definition) is 6. The second kappa shape index (κ2) is 7.24. The molecule has 172 valence electrons. The highest BCUT2D eigenvalue weighted by atomic mass is 32.1. The fourth-order valence-electron chi connectivity index (χ4n) is 4.67. The van der Waals surface area contributed by atoms with Crippen molar-refractivity contribution in [1.29, 1.82) is 0 Å². The molecule has 0 amide bonds. The van der Waals surface area contributed by atoms with Gasteiger partial charge in [0, 0.05) is 24.7 Å². The minimum atomic E-state index is -3.22. The molecule has 2 fully saturated rings. The van der Waals surface area contributed by atoms with Gasteiger partial charge in [0.15, 0.2) is 11.6 Å². The van der Waals surface area contributed by atoms with Crippen molar-refractivity contribution < 1.29 is 17.9 Å². The average Bonchev–Trinajstić information content (AvgIpc) is 3.26. The van der Waals surface area contributed by atoms with Crippen LogP contribution in [0.5, 0.6) is 5.75 Å². The molecule has 1 atom stereocenters. The van der Waals surface area contributed by atoms with Crippen LogP contribution in [0.2, 0.25) is 0 Å². The zero-order chi connectivity index (χ0) is 22.9. The highest BCUT2D eigenvalue weighted by Crippen LogP contribution is 2.47. The molecular weight excluding hydrogens is 445 g/mol. The van der Waals surface area contributed by atoms with Crippen molar-refractivity contribution >= 4 is 38.3 Å². The Hall–Kier alpha value is -2.53. The van der Waals surface area contributed by atoms with Crippen LogP contribution in [0.3, 0.4) is 0 Å². The molecule has 3 N–H and O–H groups in total. The van der Waals surface area contributed by atoms with Crippen molar-refractivity contribution in [1.82, 2.24) is 8.94 Å². The molecule has 32 heavy (non-hydrogen) atoms. The van der Waals surface area contributed by atoms with E-state index in [4.69, 9.17) is 10.5 Å². The topological polar surface area (TPSA) is 93.4 Å². The van der Waals surface area contributed by atoms with E-state index in [1.807, 2.05) is 13.8 Å². The fraction of sp³-hybridized carbons (Fsp3) is 0.524. The molecule has 7 nitrogen and oxygen atoms in total. The number of fused-ring (bicyclic) bond motifs is 2. The quantitative estimate of drug-likeness (QED) is 0.598. The number of H-pyrrole nitrogens is 1. The van der Waals surface area contributed by atoms with Crippen LogP contribution in [-0.2, 0) is 0 Å². The molecule has 2 aliphatic rings. The summed E-state index contributed by atoms with van der Waals surface area (Å²) in [5.74, 6) is -1.17. The number of nitrogens with zero attached hydrogens (tertiary/aromatic N) is 2. The van der Waals surface area contributed by atoms with E-state index >= 15 is 4.39 Å². The van der Waals surface area contributed by atoms with Crippen molar-refractivity contribution in [2.75, 3.05) is 18.0 Å². The van der Waals surface area contributed by atoms with Gasteiger partial charge in [-0.15, -0.1) is 0 Å². The van der Waals surface area contributed by atoms with Crippen LogP contribution in [0.1, 0.15) is 39.2 Å². The molecule has 0 unspecified atom stereocenters. The molecule has 1 aromatic carbocycles. The number of ether oxygens (including phenoxy) is 1. The van der Waals surface area contributed by atoms with Crippen molar-refractivity contribution in [2.24, 2.45) is 11.7 Å². The van der Waals surface area contributed by atoms with Crippen molar-refractivity contribution in [3.63, 3.8) is 0 Å². The van der Waals surface area contributed by atoms with Crippen molar-refractivity contribution in [3.05, 3.63) is 32.5 Å². The van der Waals surface area contributed by atoms with Gasteiger partial charge >= 0.3 is 6.61 Å². The minimum absolute atomic E-state index is 0.0278. The lowest BCUT2D eigenvalue weighted by Crippen LogP contribution is -2.42. The lowest BCUT2D eigenvalue weighted by molar-refractivity contribution is -0.0488. The molecule has 2 aromatic heterocycles. The van der Waals surface area contributed by atoms with Crippen LogP contribution in [-0.4, -0.2) is 34.2 Å². The summed E-state index contributed by atoms with van der Waals surface area (Å²) >= 11 is 0.970. The zero-order valence-corrected chi connectivity index (χ0v) is 18.4. The summed E-state index contributed by atoms with van der Waals surface area (Å²) < 4.78 is 51.7. The number of rotatable bonds is 5. The van der Waals surface area contributed by atoms with Crippen LogP contribution < -0.4 is 26.4 Å². The highest BCUT2D eigenvalue weighted by Gasteiger charge is 2.37. The Bertz CT molecular complexity index is 1340. The number of anilines is 1. The van der Waals surface area contributed by atoms with Crippen molar-refractivity contribution in [2.45, 2.75) is 51.3 Å². The second-order valence-corrected chi connectivity index (χ2v) is 10.0. The second-order valence-electron chi connectivity index (χ2n) is 9.21. The van der Waals surface area contributed by atoms with E-state index < -0.39 is 29.0 Å². The summed E-state index contributed by atoms with van der Waals surface area (Å²) in [5, 5.41) is -0.226. The van der Waals surface area contributed by atoms with E-state index in [1.165, 1.54) is 0 Å². The summed E-state index contributed by atoms with van der Waals surface area (Å²) in [6.45, 7) is 1.33. The molecule has 1 aliphatic carbocycles. The average molecular weight is 469 g/mol. The van der Waals surface area contributed by atoms with Crippen molar-refractivity contribution in [3.8, 4) is 5.75 Å². The van der Waals surface area contributed by atoms with Gasteiger partial charge in [-0.05, 0) is 56.6 Å². The lowest BCUT2D eigenvalue weighted by atomic mass is 9.88.